The monoisotopic (exact) mass is 272 g/mol. The maximum absolute atomic E-state index is 12.2. The Labute approximate surface area is 113 Å². The van der Waals surface area contributed by atoms with Crippen LogP contribution in [-0.2, 0) is 0 Å². The van der Waals surface area contributed by atoms with Crippen molar-refractivity contribution >= 4 is 33.3 Å². The van der Waals surface area contributed by atoms with E-state index < -0.39 is 0 Å². The summed E-state index contributed by atoms with van der Waals surface area (Å²) in [5, 5.41) is 11.1. The van der Waals surface area contributed by atoms with Gasteiger partial charge in [-0.05, 0) is 26.0 Å². The lowest BCUT2D eigenvalue weighted by atomic mass is 10.1. The van der Waals surface area contributed by atoms with Crippen molar-refractivity contribution in [1.29, 1.82) is 0 Å². The molecular formula is C13H12N4OS. The Morgan fingerprint density at radius 3 is 2.95 bits per heavy atom. The lowest BCUT2D eigenvalue weighted by Crippen LogP contribution is -2.12. The molecule has 2 heterocycles. The van der Waals surface area contributed by atoms with Crippen LogP contribution >= 0.6 is 11.3 Å². The molecule has 0 unspecified atom stereocenters. The topological polar surface area (TPSA) is 70.7 Å². The predicted molar refractivity (Wildman–Crippen MR) is 75.6 cm³/mol. The zero-order chi connectivity index (χ0) is 13.4. The maximum Gasteiger partial charge on any atom is 0.278 e. The molecule has 2 aromatic heterocycles. The van der Waals surface area contributed by atoms with E-state index in [0.717, 1.165) is 21.3 Å². The number of H-pyrrole nitrogens is 1. The van der Waals surface area contributed by atoms with Gasteiger partial charge in [-0.15, -0.1) is 11.3 Å². The van der Waals surface area contributed by atoms with E-state index in [1.54, 1.807) is 6.20 Å². The molecule has 5 nitrogen and oxygen atoms in total. The van der Waals surface area contributed by atoms with Crippen LogP contribution in [0.1, 0.15) is 20.9 Å². The van der Waals surface area contributed by atoms with Gasteiger partial charge in [0.15, 0.2) is 10.8 Å². The molecule has 0 saturated heterocycles. The molecule has 6 heteroatoms. The standard InChI is InChI=1S/C13H12N4OS/c1-7-3-4-10-9(5-7)11(17-16-10)12(18)15-13-14-6-8(2)19-13/h3-6H,1-2H3,(H,16,17)(H,14,15,18). The van der Waals surface area contributed by atoms with Crippen molar-refractivity contribution in [2.45, 2.75) is 13.8 Å². The molecule has 3 aromatic rings. The second-order valence-electron chi connectivity index (χ2n) is 4.35. The molecule has 0 aliphatic rings. The summed E-state index contributed by atoms with van der Waals surface area (Å²) in [6, 6.07) is 5.84. The molecule has 0 aliphatic heterocycles. The van der Waals surface area contributed by atoms with Crippen LogP contribution in [-0.4, -0.2) is 21.1 Å². The summed E-state index contributed by atoms with van der Waals surface area (Å²) >= 11 is 1.44. The van der Waals surface area contributed by atoms with Gasteiger partial charge >= 0.3 is 0 Å². The third-order valence-electron chi connectivity index (χ3n) is 2.78. The van der Waals surface area contributed by atoms with E-state index in [9.17, 15) is 4.79 Å². The van der Waals surface area contributed by atoms with E-state index in [-0.39, 0.29) is 5.91 Å². The normalized spacial score (nSPS) is 10.8. The first-order valence-electron chi connectivity index (χ1n) is 5.82. The molecule has 0 bridgehead atoms. The van der Waals surface area contributed by atoms with Gasteiger partial charge in [0.05, 0.1) is 5.52 Å². The number of hydrogen-bond acceptors (Lipinski definition) is 4. The number of carbonyl (C=O) groups is 1. The number of nitrogens with zero attached hydrogens (tertiary/aromatic N) is 2. The summed E-state index contributed by atoms with van der Waals surface area (Å²) in [5.74, 6) is -0.244. The Morgan fingerprint density at radius 1 is 1.37 bits per heavy atom. The first-order valence-corrected chi connectivity index (χ1v) is 6.63. The fourth-order valence-corrected chi connectivity index (χ4v) is 2.53. The first kappa shape index (κ1) is 11.9. The van der Waals surface area contributed by atoms with Gasteiger partial charge in [-0.2, -0.15) is 5.10 Å². The van der Waals surface area contributed by atoms with Crippen LogP contribution in [0.5, 0.6) is 0 Å². The van der Waals surface area contributed by atoms with E-state index in [4.69, 9.17) is 0 Å². The Hall–Kier alpha value is -2.21. The highest BCUT2D eigenvalue weighted by atomic mass is 32.1. The van der Waals surface area contributed by atoms with E-state index in [2.05, 4.69) is 20.5 Å². The number of carbonyl (C=O) groups excluding carboxylic acids is 1. The van der Waals surface area contributed by atoms with Gasteiger partial charge in [-0.3, -0.25) is 15.2 Å². The molecule has 0 fully saturated rings. The largest absolute Gasteiger partial charge is 0.296 e. The number of benzene rings is 1. The van der Waals surface area contributed by atoms with Crippen LogP contribution < -0.4 is 5.32 Å². The third-order valence-corrected chi connectivity index (χ3v) is 3.60. The SMILES string of the molecule is Cc1ccc2[nH]nc(C(=O)Nc3ncc(C)s3)c2c1. The van der Waals surface area contributed by atoms with Gasteiger partial charge in [-0.1, -0.05) is 11.6 Å². The molecule has 19 heavy (non-hydrogen) atoms. The number of aromatic nitrogens is 3. The minimum atomic E-state index is -0.244. The minimum Gasteiger partial charge on any atom is -0.296 e. The highest BCUT2D eigenvalue weighted by molar-refractivity contribution is 7.15. The lowest BCUT2D eigenvalue weighted by molar-refractivity contribution is 0.102. The zero-order valence-electron chi connectivity index (χ0n) is 10.5. The Kier molecular flexibility index (Phi) is 2.79. The summed E-state index contributed by atoms with van der Waals surface area (Å²) in [6.45, 7) is 3.93. The van der Waals surface area contributed by atoms with Gasteiger partial charge in [0.25, 0.3) is 5.91 Å². The number of nitrogens with one attached hydrogen (secondary N) is 2. The van der Waals surface area contributed by atoms with Crippen LogP contribution in [0.3, 0.4) is 0 Å². The Bertz CT molecular complexity index is 759. The molecule has 0 spiro atoms. The zero-order valence-corrected chi connectivity index (χ0v) is 11.3. The third kappa shape index (κ3) is 2.22. The van der Waals surface area contributed by atoms with Crippen molar-refractivity contribution in [2.24, 2.45) is 0 Å². The van der Waals surface area contributed by atoms with Gasteiger partial charge in [-0.25, -0.2) is 4.98 Å². The molecule has 3 rings (SSSR count). The number of fused-ring (bicyclic) bond motifs is 1. The van der Waals surface area contributed by atoms with Crippen LogP contribution in [0, 0.1) is 13.8 Å². The molecule has 1 aromatic carbocycles. The molecule has 0 atom stereocenters. The number of aromatic amines is 1. The molecule has 0 aliphatic carbocycles. The average molecular weight is 272 g/mol. The smallest absolute Gasteiger partial charge is 0.278 e. The number of hydrogen-bond donors (Lipinski definition) is 2. The van der Waals surface area contributed by atoms with Crippen LogP contribution in [0.4, 0.5) is 5.13 Å². The summed E-state index contributed by atoms with van der Waals surface area (Å²) in [7, 11) is 0. The summed E-state index contributed by atoms with van der Waals surface area (Å²) in [5.41, 5.74) is 2.34. The number of rotatable bonds is 2. The van der Waals surface area contributed by atoms with E-state index in [1.807, 2.05) is 32.0 Å². The first-order chi connectivity index (χ1) is 9.13. The fourth-order valence-electron chi connectivity index (χ4n) is 1.87. The summed E-state index contributed by atoms with van der Waals surface area (Å²) in [4.78, 5) is 17.3. The second-order valence-corrected chi connectivity index (χ2v) is 5.59. The van der Waals surface area contributed by atoms with Crippen LogP contribution in [0.15, 0.2) is 24.4 Å². The molecule has 1 amide bonds. The van der Waals surface area contributed by atoms with Crippen LogP contribution in [0.2, 0.25) is 0 Å². The predicted octanol–water partition coefficient (Wildman–Crippen LogP) is 2.89. The van der Waals surface area contributed by atoms with Gasteiger partial charge in [0.1, 0.15) is 0 Å². The van der Waals surface area contributed by atoms with Crippen LogP contribution in [0.25, 0.3) is 10.9 Å². The van der Waals surface area contributed by atoms with Crippen molar-refractivity contribution in [3.63, 3.8) is 0 Å². The van der Waals surface area contributed by atoms with E-state index >= 15 is 0 Å². The van der Waals surface area contributed by atoms with E-state index in [1.165, 1.54) is 11.3 Å². The highest BCUT2D eigenvalue weighted by Gasteiger charge is 2.15. The second kappa shape index (κ2) is 4.47. The molecule has 2 N–H and O–H groups in total. The molecule has 0 radical (unpaired) electrons. The van der Waals surface area contributed by atoms with Crippen molar-refractivity contribution < 1.29 is 4.79 Å². The number of aryl methyl sites for hydroxylation is 2. The van der Waals surface area contributed by atoms with Crippen molar-refractivity contribution in [3.8, 4) is 0 Å². The molecule has 0 saturated carbocycles. The van der Waals surface area contributed by atoms with E-state index in [0.29, 0.717) is 10.8 Å². The number of anilines is 1. The van der Waals surface area contributed by atoms with Gasteiger partial charge < -0.3 is 0 Å². The summed E-state index contributed by atoms with van der Waals surface area (Å²) < 4.78 is 0. The Balaban J connectivity index is 1.95. The minimum absolute atomic E-state index is 0.244. The molecule has 96 valence electrons. The van der Waals surface area contributed by atoms with Crippen molar-refractivity contribution in [3.05, 3.63) is 40.5 Å². The van der Waals surface area contributed by atoms with Crippen molar-refractivity contribution in [1.82, 2.24) is 15.2 Å². The van der Waals surface area contributed by atoms with Crippen molar-refractivity contribution in [2.75, 3.05) is 5.32 Å². The quantitative estimate of drug-likeness (QED) is 0.753. The average Bonchev–Trinajstić information content (AvgIpc) is 2.95. The molecular weight excluding hydrogens is 260 g/mol. The number of thiazole rings is 1. The summed E-state index contributed by atoms with van der Waals surface area (Å²) in [6.07, 6.45) is 1.73. The lowest BCUT2D eigenvalue weighted by Gasteiger charge is -1.99. The van der Waals surface area contributed by atoms with Gasteiger partial charge in [0, 0.05) is 16.5 Å². The Morgan fingerprint density at radius 2 is 2.21 bits per heavy atom. The highest BCUT2D eigenvalue weighted by Crippen LogP contribution is 2.21. The number of amides is 1. The fraction of sp³-hybridized carbons (Fsp3) is 0.154. The van der Waals surface area contributed by atoms with Gasteiger partial charge in [0.2, 0.25) is 0 Å². The maximum atomic E-state index is 12.2.